The monoisotopic (exact) mass is 414 g/mol. The molecule has 0 unspecified atom stereocenters. The fourth-order valence-electron chi connectivity index (χ4n) is 2.55. The van der Waals surface area contributed by atoms with Crippen LogP contribution in [-0.4, -0.2) is 51.6 Å². The van der Waals surface area contributed by atoms with E-state index in [-0.39, 0.29) is 35.7 Å². The second kappa shape index (κ2) is 10.6. The number of carbonyl (C=O) groups excluding carboxylic acids is 4. The topological polar surface area (TPSA) is 120 Å². The van der Waals surface area contributed by atoms with Gasteiger partial charge in [-0.1, -0.05) is 6.07 Å². The van der Waals surface area contributed by atoms with Gasteiger partial charge in [0, 0.05) is 24.2 Å². The molecule has 0 saturated heterocycles. The molecular formula is C21H22N2O7. The van der Waals surface area contributed by atoms with E-state index >= 15 is 0 Å². The maximum absolute atomic E-state index is 12.2. The largest absolute Gasteiger partial charge is 0.497 e. The average molecular weight is 414 g/mol. The zero-order valence-electron chi connectivity index (χ0n) is 16.8. The third-order valence-corrected chi connectivity index (χ3v) is 4.03. The van der Waals surface area contributed by atoms with Gasteiger partial charge in [0.2, 0.25) is 5.91 Å². The third kappa shape index (κ3) is 6.06. The summed E-state index contributed by atoms with van der Waals surface area (Å²) in [5, 5.41) is 5.23. The van der Waals surface area contributed by atoms with E-state index in [9.17, 15) is 19.2 Å². The molecule has 158 valence electrons. The fourth-order valence-corrected chi connectivity index (χ4v) is 2.55. The van der Waals surface area contributed by atoms with Crippen LogP contribution in [0.25, 0.3) is 0 Å². The highest BCUT2D eigenvalue weighted by molar-refractivity contribution is 6.00. The molecule has 0 aliphatic heterocycles. The van der Waals surface area contributed by atoms with Gasteiger partial charge in [0.05, 0.1) is 32.5 Å². The Morgan fingerprint density at radius 2 is 1.47 bits per heavy atom. The molecule has 0 aliphatic rings. The molecule has 0 bridgehead atoms. The molecular weight excluding hydrogens is 392 g/mol. The standard InChI is InChI=1S/C21H22N2O7/c1-28-17-6-4-5-13(12-17)19(25)22-8-7-18(24)23-16-10-14(20(26)29-2)9-15(11-16)21(27)30-3/h4-6,9-12H,7-8H2,1-3H3,(H,22,25)(H,23,24). The molecule has 0 fully saturated rings. The Balaban J connectivity index is 1.99. The van der Waals surface area contributed by atoms with Crippen LogP contribution in [0.15, 0.2) is 42.5 Å². The van der Waals surface area contributed by atoms with E-state index in [1.165, 1.54) is 39.5 Å². The minimum atomic E-state index is -0.665. The zero-order valence-corrected chi connectivity index (χ0v) is 16.8. The molecule has 0 spiro atoms. The van der Waals surface area contributed by atoms with Crippen LogP contribution >= 0.6 is 0 Å². The van der Waals surface area contributed by atoms with E-state index in [4.69, 9.17) is 4.74 Å². The molecule has 0 heterocycles. The molecule has 2 amide bonds. The van der Waals surface area contributed by atoms with Gasteiger partial charge in [0.15, 0.2) is 0 Å². The van der Waals surface area contributed by atoms with Gasteiger partial charge >= 0.3 is 11.9 Å². The summed E-state index contributed by atoms with van der Waals surface area (Å²) in [6.45, 7) is 0.0857. The minimum absolute atomic E-state index is 0.0221. The summed E-state index contributed by atoms with van der Waals surface area (Å²) in [5.41, 5.74) is 0.801. The summed E-state index contributed by atoms with van der Waals surface area (Å²) in [6, 6.07) is 10.7. The number of nitrogens with one attached hydrogen (secondary N) is 2. The summed E-state index contributed by atoms with van der Waals surface area (Å²) < 4.78 is 14.4. The lowest BCUT2D eigenvalue weighted by Crippen LogP contribution is -2.27. The average Bonchev–Trinajstić information content (AvgIpc) is 2.77. The first-order valence-electron chi connectivity index (χ1n) is 8.91. The van der Waals surface area contributed by atoms with Crippen LogP contribution < -0.4 is 15.4 Å². The van der Waals surface area contributed by atoms with Crippen molar-refractivity contribution in [3.8, 4) is 5.75 Å². The summed E-state index contributed by atoms with van der Waals surface area (Å²) in [4.78, 5) is 48.0. The molecule has 2 N–H and O–H groups in total. The number of hydrogen-bond donors (Lipinski definition) is 2. The van der Waals surface area contributed by atoms with Crippen LogP contribution in [0.1, 0.15) is 37.5 Å². The van der Waals surface area contributed by atoms with Crippen LogP contribution in [0.5, 0.6) is 5.75 Å². The number of carbonyl (C=O) groups is 4. The lowest BCUT2D eigenvalue weighted by Gasteiger charge is -2.10. The summed E-state index contributed by atoms with van der Waals surface area (Å²) in [5.74, 6) is -1.54. The highest BCUT2D eigenvalue weighted by Crippen LogP contribution is 2.17. The first kappa shape index (κ1) is 22.4. The van der Waals surface area contributed by atoms with Crippen molar-refractivity contribution in [2.75, 3.05) is 33.2 Å². The Bertz CT molecular complexity index is 922. The van der Waals surface area contributed by atoms with Crippen LogP contribution in [0.3, 0.4) is 0 Å². The van der Waals surface area contributed by atoms with Gasteiger partial charge in [-0.25, -0.2) is 9.59 Å². The Labute approximate surface area is 173 Å². The number of rotatable bonds is 8. The van der Waals surface area contributed by atoms with Gasteiger partial charge in [-0.15, -0.1) is 0 Å². The maximum Gasteiger partial charge on any atom is 0.337 e. The second-order valence-corrected chi connectivity index (χ2v) is 6.07. The number of amides is 2. The number of benzene rings is 2. The second-order valence-electron chi connectivity index (χ2n) is 6.07. The Morgan fingerprint density at radius 1 is 0.833 bits per heavy atom. The molecule has 2 rings (SSSR count). The summed E-state index contributed by atoms with van der Waals surface area (Å²) in [6.07, 6.45) is -0.0221. The summed E-state index contributed by atoms with van der Waals surface area (Å²) in [7, 11) is 3.91. The first-order valence-corrected chi connectivity index (χ1v) is 8.91. The molecule has 9 nitrogen and oxygen atoms in total. The Morgan fingerprint density at radius 3 is 2.03 bits per heavy atom. The van der Waals surface area contributed by atoms with E-state index in [0.717, 1.165) is 0 Å². The van der Waals surface area contributed by atoms with Crippen LogP contribution in [0, 0.1) is 0 Å². The molecule has 0 atom stereocenters. The summed E-state index contributed by atoms with van der Waals surface area (Å²) >= 11 is 0. The SMILES string of the molecule is COC(=O)c1cc(NC(=O)CCNC(=O)c2cccc(OC)c2)cc(C(=O)OC)c1. The zero-order chi connectivity index (χ0) is 22.1. The van der Waals surface area contributed by atoms with Crippen molar-refractivity contribution in [1.82, 2.24) is 5.32 Å². The van der Waals surface area contributed by atoms with Gasteiger partial charge in [0.25, 0.3) is 5.91 Å². The van der Waals surface area contributed by atoms with Crippen LogP contribution in [0.4, 0.5) is 5.69 Å². The number of hydrogen-bond acceptors (Lipinski definition) is 7. The van der Waals surface area contributed by atoms with Gasteiger partial charge in [-0.2, -0.15) is 0 Å². The van der Waals surface area contributed by atoms with E-state index in [1.807, 2.05) is 0 Å². The molecule has 30 heavy (non-hydrogen) atoms. The molecule has 0 saturated carbocycles. The van der Waals surface area contributed by atoms with Crippen molar-refractivity contribution in [1.29, 1.82) is 0 Å². The highest BCUT2D eigenvalue weighted by Gasteiger charge is 2.15. The Kier molecular flexibility index (Phi) is 7.92. The molecule has 2 aromatic carbocycles. The van der Waals surface area contributed by atoms with Crippen molar-refractivity contribution in [2.24, 2.45) is 0 Å². The van der Waals surface area contributed by atoms with E-state index in [0.29, 0.717) is 11.3 Å². The number of ether oxygens (including phenoxy) is 3. The smallest absolute Gasteiger partial charge is 0.337 e. The fraction of sp³-hybridized carbons (Fsp3) is 0.238. The minimum Gasteiger partial charge on any atom is -0.497 e. The van der Waals surface area contributed by atoms with Crippen LogP contribution in [0.2, 0.25) is 0 Å². The third-order valence-electron chi connectivity index (χ3n) is 4.03. The van der Waals surface area contributed by atoms with Crippen molar-refractivity contribution < 1.29 is 33.4 Å². The van der Waals surface area contributed by atoms with Crippen molar-refractivity contribution in [3.05, 3.63) is 59.2 Å². The molecule has 0 radical (unpaired) electrons. The first-order chi connectivity index (χ1) is 14.4. The van der Waals surface area contributed by atoms with Gasteiger partial charge < -0.3 is 24.8 Å². The number of anilines is 1. The van der Waals surface area contributed by atoms with Crippen molar-refractivity contribution >= 4 is 29.4 Å². The quantitative estimate of drug-likeness (QED) is 0.634. The lowest BCUT2D eigenvalue weighted by molar-refractivity contribution is -0.116. The van der Waals surface area contributed by atoms with Crippen molar-refractivity contribution in [2.45, 2.75) is 6.42 Å². The molecule has 2 aromatic rings. The van der Waals surface area contributed by atoms with Gasteiger partial charge in [-0.3, -0.25) is 9.59 Å². The molecule has 0 aliphatic carbocycles. The number of esters is 2. The van der Waals surface area contributed by atoms with E-state index < -0.39 is 17.8 Å². The van der Waals surface area contributed by atoms with Gasteiger partial charge in [0.1, 0.15) is 5.75 Å². The predicted octanol–water partition coefficient (Wildman–Crippen LogP) is 2.03. The van der Waals surface area contributed by atoms with Crippen molar-refractivity contribution in [3.63, 3.8) is 0 Å². The highest BCUT2D eigenvalue weighted by atomic mass is 16.5. The van der Waals surface area contributed by atoms with E-state index in [2.05, 4.69) is 20.1 Å². The molecule has 9 heteroatoms. The molecule has 0 aromatic heterocycles. The van der Waals surface area contributed by atoms with Gasteiger partial charge in [-0.05, 0) is 36.4 Å². The Hall–Kier alpha value is -3.88. The lowest BCUT2D eigenvalue weighted by atomic mass is 10.1. The van der Waals surface area contributed by atoms with E-state index in [1.54, 1.807) is 24.3 Å². The van der Waals surface area contributed by atoms with Crippen LogP contribution in [-0.2, 0) is 14.3 Å². The number of methoxy groups -OCH3 is 3. The normalized spacial score (nSPS) is 9.97. The predicted molar refractivity (Wildman–Crippen MR) is 108 cm³/mol. The maximum atomic E-state index is 12.2.